The van der Waals surface area contributed by atoms with E-state index in [1.165, 1.54) is 17.7 Å². The van der Waals surface area contributed by atoms with Crippen LogP contribution in [0.1, 0.15) is 30.4 Å². The lowest BCUT2D eigenvalue weighted by Crippen LogP contribution is -2.27. The summed E-state index contributed by atoms with van der Waals surface area (Å²) < 4.78 is 5.52. The van der Waals surface area contributed by atoms with E-state index in [1.807, 2.05) is 0 Å². The first-order chi connectivity index (χ1) is 7.20. The molecule has 1 fully saturated rings. The number of oxazole rings is 1. The second-order valence-corrected chi connectivity index (χ2v) is 4.08. The fourth-order valence-corrected chi connectivity index (χ4v) is 1.55. The molecule has 0 aromatic carbocycles. The normalized spacial score (nSPS) is 15.3. The van der Waals surface area contributed by atoms with Crippen molar-refractivity contribution in [1.29, 1.82) is 0 Å². The third-order valence-electron chi connectivity index (χ3n) is 2.46. The fraction of sp³-hybridized carbons (Fsp3) is 0.600. The summed E-state index contributed by atoms with van der Waals surface area (Å²) >= 11 is 5.44. The highest BCUT2D eigenvalue weighted by atomic mass is 35.5. The van der Waals surface area contributed by atoms with Gasteiger partial charge in [-0.05, 0) is 12.8 Å². The van der Waals surface area contributed by atoms with Crippen LogP contribution < -0.4 is 0 Å². The van der Waals surface area contributed by atoms with Crippen molar-refractivity contribution in [2.75, 3.05) is 12.9 Å². The molecule has 1 saturated carbocycles. The number of alkyl halides is 1. The molecule has 0 unspecified atom stereocenters. The number of aromatic nitrogens is 1. The lowest BCUT2D eigenvalue weighted by molar-refractivity contribution is -0.128. The molecule has 1 aromatic rings. The zero-order valence-electron chi connectivity index (χ0n) is 8.57. The molecule has 15 heavy (non-hydrogen) atoms. The quantitative estimate of drug-likeness (QED) is 0.738. The molecule has 0 N–H and O–H groups in total. The average Bonchev–Trinajstić information content (AvgIpc) is 2.99. The number of hydrogen-bond donors (Lipinski definition) is 0. The van der Waals surface area contributed by atoms with E-state index < -0.39 is 0 Å². The number of hydrogen-bond acceptors (Lipinski definition) is 3. The van der Waals surface area contributed by atoms with Crippen LogP contribution in [0.15, 0.2) is 10.6 Å². The van der Waals surface area contributed by atoms with E-state index in [4.69, 9.17) is 16.0 Å². The highest BCUT2D eigenvalue weighted by Crippen LogP contribution is 2.40. The van der Waals surface area contributed by atoms with Gasteiger partial charge in [-0.2, -0.15) is 0 Å². The van der Waals surface area contributed by atoms with Gasteiger partial charge in [0.05, 0.1) is 12.7 Å². The van der Waals surface area contributed by atoms with E-state index in [1.54, 1.807) is 13.2 Å². The van der Waals surface area contributed by atoms with E-state index in [2.05, 4.69) is 4.98 Å². The van der Waals surface area contributed by atoms with Crippen LogP contribution >= 0.6 is 11.6 Å². The van der Waals surface area contributed by atoms with Crippen molar-refractivity contribution >= 4 is 17.5 Å². The molecule has 0 saturated heterocycles. The van der Waals surface area contributed by atoms with Crippen molar-refractivity contribution in [2.45, 2.75) is 25.3 Å². The van der Waals surface area contributed by atoms with Crippen LogP contribution in [-0.2, 0) is 11.3 Å². The van der Waals surface area contributed by atoms with Crippen molar-refractivity contribution < 1.29 is 9.21 Å². The van der Waals surface area contributed by atoms with Crippen molar-refractivity contribution in [3.05, 3.63) is 17.8 Å². The second-order valence-electron chi connectivity index (χ2n) is 3.81. The SMILES string of the molecule is CN(Cc1ncc(C2CC2)o1)C(=O)CCl. The molecular formula is C10H13ClN2O2. The molecule has 0 aliphatic heterocycles. The number of rotatable bonds is 4. The van der Waals surface area contributed by atoms with Crippen molar-refractivity contribution in [3.63, 3.8) is 0 Å². The van der Waals surface area contributed by atoms with Gasteiger partial charge in [0.15, 0.2) is 0 Å². The number of carbonyl (C=O) groups is 1. The zero-order chi connectivity index (χ0) is 10.8. The highest BCUT2D eigenvalue weighted by molar-refractivity contribution is 6.27. The third-order valence-corrected chi connectivity index (χ3v) is 2.69. The summed E-state index contributed by atoms with van der Waals surface area (Å²) in [5.74, 6) is 1.95. The van der Waals surface area contributed by atoms with Crippen molar-refractivity contribution in [1.82, 2.24) is 9.88 Å². The largest absolute Gasteiger partial charge is 0.443 e. The van der Waals surface area contributed by atoms with Crippen LogP contribution in [0, 0.1) is 0 Å². The van der Waals surface area contributed by atoms with E-state index in [0.717, 1.165) is 5.76 Å². The molecule has 2 rings (SSSR count). The summed E-state index contributed by atoms with van der Waals surface area (Å²) in [6.45, 7) is 0.387. The summed E-state index contributed by atoms with van der Waals surface area (Å²) in [5, 5.41) is 0. The minimum absolute atomic E-state index is 0.00725. The number of halogens is 1. The van der Waals surface area contributed by atoms with Gasteiger partial charge in [-0.1, -0.05) is 0 Å². The highest BCUT2D eigenvalue weighted by Gasteiger charge is 2.27. The monoisotopic (exact) mass is 228 g/mol. The van der Waals surface area contributed by atoms with Gasteiger partial charge in [0, 0.05) is 13.0 Å². The van der Waals surface area contributed by atoms with Gasteiger partial charge >= 0.3 is 0 Å². The fourth-order valence-electron chi connectivity index (χ4n) is 1.35. The third kappa shape index (κ3) is 2.50. The number of amides is 1. The molecule has 0 atom stereocenters. The van der Waals surface area contributed by atoms with Gasteiger partial charge < -0.3 is 9.32 Å². The summed E-state index contributed by atoms with van der Waals surface area (Å²) in [4.78, 5) is 16.8. The van der Waals surface area contributed by atoms with E-state index in [9.17, 15) is 4.79 Å². The second kappa shape index (κ2) is 4.23. The van der Waals surface area contributed by atoms with Crippen LogP contribution in [0.3, 0.4) is 0 Å². The first kappa shape index (κ1) is 10.5. The van der Waals surface area contributed by atoms with Gasteiger partial charge in [-0.3, -0.25) is 4.79 Å². The van der Waals surface area contributed by atoms with Crippen molar-refractivity contribution in [2.24, 2.45) is 0 Å². The number of nitrogens with zero attached hydrogens (tertiary/aromatic N) is 2. The lowest BCUT2D eigenvalue weighted by Gasteiger charge is -2.12. The predicted molar refractivity (Wildman–Crippen MR) is 55.7 cm³/mol. The molecule has 1 aromatic heterocycles. The number of carbonyl (C=O) groups excluding carboxylic acids is 1. The molecular weight excluding hydrogens is 216 g/mol. The maximum absolute atomic E-state index is 11.2. The molecule has 5 heteroatoms. The van der Waals surface area contributed by atoms with E-state index in [0.29, 0.717) is 18.4 Å². The zero-order valence-corrected chi connectivity index (χ0v) is 9.33. The van der Waals surface area contributed by atoms with Crippen LogP contribution in [-0.4, -0.2) is 28.7 Å². The molecule has 0 radical (unpaired) electrons. The minimum Gasteiger partial charge on any atom is -0.443 e. The predicted octanol–water partition coefficient (Wildman–Crippen LogP) is 1.75. The smallest absolute Gasteiger partial charge is 0.237 e. The van der Waals surface area contributed by atoms with Gasteiger partial charge in [-0.25, -0.2) is 4.98 Å². The average molecular weight is 229 g/mol. The Hall–Kier alpha value is -1.03. The Morgan fingerprint density at radius 2 is 2.47 bits per heavy atom. The Morgan fingerprint density at radius 1 is 1.73 bits per heavy atom. The van der Waals surface area contributed by atoms with Crippen molar-refractivity contribution in [3.8, 4) is 0 Å². The summed E-state index contributed by atoms with van der Waals surface area (Å²) in [6, 6.07) is 0. The molecule has 0 spiro atoms. The van der Waals surface area contributed by atoms with E-state index >= 15 is 0 Å². The van der Waals surface area contributed by atoms with Gasteiger partial charge in [0.1, 0.15) is 11.6 Å². The Kier molecular flexibility index (Phi) is 2.95. The molecule has 1 amide bonds. The maximum atomic E-state index is 11.2. The first-order valence-electron chi connectivity index (χ1n) is 4.95. The van der Waals surface area contributed by atoms with Gasteiger partial charge in [-0.15, -0.1) is 11.6 Å². The van der Waals surface area contributed by atoms with Crippen LogP contribution in [0.4, 0.5) is 0 Å². The summed E-state index contributed by atoms with van der Waals surface area (Å²) in [6.07, 6.45) is 4.13. The Morgan fingerprint density at radius 3 is 3.07 bits per heavy atom. The van der Waals surface area contributed by atoms with Crippen LogP contribution in [0.25, 0.3) is 0 Å². The first-order valence-corrected chi connectivity index (χ1v) is 5.48. The molecule has 0 bridgehead atoms. The van der Waals surface area contributed by atoms with E-state index in [-0.39, 0.29) is 11.8 Å². The molecule has 1 aliphatic rings. The standard InChI is InChI=1S/C10H13ClN2O2/c1-13(10(14)4-11)6-9-12-5-8(15-9)7-2-3-7/h5,7H,2-4,6H2,1H3. The summed E-state index contributed by atoms with van der Waals surface area (Å²) in [5.41, 5.74) is 0. The Balaban J connectivity index is 1.94. The molecule has 1 heterocycles. The molecule has 1 aliphatic carbocycles. The van der Waals surface area contributed by atoms with Crippen LogP contribution in [0.5, 0.6) is 0 Å². The summed E-state index contributed by atoms with van der Waals surface area (Å²) in [7, 11) is 1.69. The molecule has 4 nitrogen and oxygen atoms in total. The minimum atomic E-state index is -0.122. The molecule has 82 valence electrons. The van der Waals surface area contributed by atoms with Gasteiger partial charge in [0.25, 0.3) is 0 Å². The van der Waals surface area contributed by atoms with Crippen LogP contribution in [0.2, 0.25) is 0 Å². The topological polar surface area (TPSA) is 46.3 Å². The lowest BCUT2D eigenvalue weighted by atomic mass is 10.3. The Labute approximate surface area is 93.2 Å². The maximum Gasteiger partial charge on any atom is 0.237 e. The van der Waals surface area contributed by atoms with Gasteiger partial charge in [0.2, 0.25) is 11.8 Å². The Bertz CT molecular complexity index is 360.